The molecule has 4 aromatic rings. The molecule has 0 N–H and O–H groups in total. The molecule has 0 saturated carbocycles. The zero-order valence-corrected chi connectivity index (χ0v) is 16.8. The predicted octanol–water partition coefficient (Wildman–Crippen LogP) is 6.29. The summed E-state index contributed by atoms with van der Waals surface area (Å²) in [7, 11) is 0. The van der Waals surface area contributed by atoms with Crippen molar-refractivity contribution in [3.63, 3.8) is 0 Å². The molecule has 0 fully saturated rings. The number of hydrogen-bond donors (Lipinski definition) is 0. The van der Waals surface area contributed by atoms with E-state index in [0.717, 1.165) is 16.5 Å². The lowest BCUT2D eigenvalue weighted by molar-refractivity contribution is 0.0734. The van der Waals surface area contributed by atoms with E-state index in [4.69, 9.17) is 32.4 Å². The van der Waals surface area contributed by atoms with E-state index in [2.05, 4.69) is 0 Å². The van der Waals surface area contributed by atoms with Gasteiger partial charge in [0.2, 0.25) is 0 Å². The Kier molecular flexibility index (Phi) is 5.14. The summed E-state index contributed by atoms with van der Waals surface area (Å²) < 4.78 is 10.9. The van der Waals surface area contributed by atoms with Gasteiger partial charge < -0.3 is 9.15 Å². The van der Waals surface area contributed by atoms with Gasteiger partial charge in [0, 0.05) is 22.0 Å². The molecule has 0 bridgehead atoms. The first kappa shape index (κ1) is 19.2. The fraction of sp³-hybridized carbons (Fsp3) is 0.0435. The lowest BCUT2D eigenvalue weighted by Gasteiger charge is -2.12. The normalized spacial score (nSPS) is 10.9. The van der Waals surface area contributed by atoms with Gasteiger partial charge in [0.15, 0.2) is 0 Å². The largest absolute Gasteiger partial charge is 0.422 e. The Bertz CT molecular complexity index is 1290. The molecular formula is C23H14Cl2O4. The highest BCUT2D eigenvalue weighted by Gasteiger charge is 2.18. The number of carbonyl (C=O) groups is 1. The fourth-order valence-electron chi connectivity index (χ4n) is 3.12. The van der Waals surface area contributed by atoms with Gasteiger partial charge >= 0.3 is 11.6 Å². The maximum Gasteiger partial charge on any atom is 0.345 e. The maximum atomic E-state index is 12.5. The van der Waals surface area contributed by atoms with E-state index in [1.165, 1.54) is 18.2 Å². The molecule has 0 aliphatic heterocycles. The van der Waals surface area contributed by atoms with Crippen molar-refractivity contribution in [3.8, 4) is 16.9 Å². The van der Waals surface area contributed by atoms with Crippen molar-refractivity contribution in [3.05, 3.63) is 98.3 Å². The Balaban J connectivity index is 1.79. The number of fused-ring (bicyclic) bond motifs is 1. The molecule has 144 valence electrons. The lowest BCUT2D eigenvalue weighted by atomic mass is 10.0. The predicted molar refractivity (Wildman–Crippen MR) is 114 cm³/mol. The van der Waals surface area contributed by atoms with Crippen LogP contribution in [-0.4, -0.2) is 5.97 Å². The van der Waals surface area contributed by atoms with Crippen LogP contribution in [-0.2, 0) is 0 Å². The monoisotopic (exact) mass is 424 g/mol. The molecule has 29 heavy (non-hydrogen) atoms. The molecule has 6 heteroatoms. The van der Waals surface area contributed by atoms with Crippen LogP contribution in [0, 0.1) is 6.92 Å². The van der Waals surface area contributed by atoms with E-state index in [9.17, 15) is 9.59 Å². The molecule has 0 unspecified atom stereocenters. The first-order valence-electron chi connectivity index (χ1n) is 8.74. The summed E-state index contributed by atoms with van der Waals surface area (Å²) in [6.07, 6.45) is 0. The number of ether oxygens (including phenoxy) is 1. The van der Waals surface area contributed by atoms with E-state index >= 15 is 0 Å². The molecule has 0 spiro atoms. The van der Waals surface area contributed by atoms with Crippen molar-refractivity contribution < 1.29 is 13.9 Å². The highest BCUT2D eigenvalue weighted by molar-refractivity contribution is 6.36. The number of carbonyl (C=O) groups excluding carboxylic acids is 1. The van der Waals surface area contributed by atoms with Crippen LogP contribution in [0.25, 0.3) is 22.1 Å². The molecule has 3 aromatic carbocycles. The number of halogens is 2. The van der Waals surface area contributed by atoms with Gasteiger partial charge in [-0.15, -0.1) is 0 Å². The van der Waals surface area contributed by atoms with Crippen LogP contribution in [0.1, 0.15) is 15.9 Å². The van der Waals surface area contributed by atoms with E-state index in [-0.39, 0.29) is 16.3 Å². The van der Waals surface area contributed by atoms with Crippen LogP contribution in [0.15, 0.2) is 75.9 Å². The van der Waals surface area contributed by atoms with Crippen molar-refractivity contribution in [2.24, 2.45) is 0 Å². The Hall–Kier alpha value is -3.08. The van der Waals surface area contributed by atoms with Crippen LogP contribution in [0.5, 0.6) is 5.75 Å². The summed E-state index contributed by atoms with van der Waals surface area (Å²) in [4.78, 5) is 24.7. The number of aryl methyl sites for hydroxylation is 1. The Morgan fingerprint density at radius 3 is 2.45 bits per heavy atom. The first-order chi connectivity index (χ1) is 13.9. The van der Waals surface area contributed by atoms with Gasteiger partial charge in [0.1, 0.15) is 11.3 Å². The summed E-state index contributed by atoms with van der Waals surface area (Å²) >= 11 is 12.0. The molecule has 0 aliphatic rings. The molecule has 0 atom stereocenters. The van der Waals surface area contributed by atoms with E-state index in [0.29, 0.717) is 16.2 Å². The Morgan fingerprint density at radius 2 is 1.72 bits per heavy atom. The summed E-state index contributed by atoms with van der Waals surface area (Å²) in [6, 6.07) is 18.9. The van der Waals surface area contributed by atoms with E-state index < -0.39 is 11.6 Å². The van der Waals surface area contributed by atoms with Gasteiger partial charge in [-0.2, -0.15) is 0 Å². The molecule has 4 rings (SSSR count). The standard InChI is InChI=1S/C23H14Cl2O4/c1-13-20(28-23(27)17-8-7-15(24)11-19(17)25)10-9-16-18(12-21(26)29-22(13)16)14-5-3-2-4-6-14/h2-12H,1H3. The second kappa shape index (κ2) is 7.74. The molecule has 0 saturated heterocycles. The summed E-state index contributed by atoms with van der Waals surface area (Å²) in [5, 5.41) is 1.36. The minimum atomic E-state index is -0.629. The second-order valence-electron chi connectivity index (χ2n) is 6.42. The van der Waals surface area contributed by atoms with Crippen LogP contribution in [0.2, 0.25) is 10.0 Å². The first-order valence-corrected chi connectivity index (χ1v) is 9.50. The maximum absolute atomic E-state index is 12.5. The molecule has 0 radical (unpaired) electrons. The average molecular weight is 425 g/mol. The summed E-state index contributed by atoms with van der Waals surface area (Å²) in [6.45, 7) is 1.73. The highest BCUT2D eigenvalue weighted by atomic mass is 35.5. The lowest BCUT2D eigenvalue weighted by Crippen LogP contribution is -2.10. The average Bonchev–Trinajstić information content (AvgIpc) is 2.70. The van der Waals surface area contributed by atoms with Crippen LogP contribution in [0.3, 0.4) is 0 Å². The van der Waals surface area contributed by atoms with E-state index in [1.54, 1.807) is 25.1 Å². The molecule has 0 aliphatic carbocycles. The third kappa shape index (κ3) is 3.77. The van der Waals surface area contributed by atoms with Crippen molar-refractivity contribution in [2.45, 2.75) is 6.92 Å². The number of rotatable bonds is 3. The van der Waals surface area contributed by atoms with Gasteiger partial charge in [0.05, 0.1) is 10.6 Å². The zero-order valence-electron chi connectivity index (χ0n) is 15.2. The zero-order chi connectivity index (χ0) is 20.5. The van der Waals surface area contributed by atoms with Gasteiger partial charge in [0.25, 0.3) is 0 Å². The summed E-state index contributed by atoms with van der Waals surface area (Å²) in [5.41, 5.74) is 2.25. The minimum Gasteiger partial charge on any atom is -0.422 e. The molecule has 1 heterocycles. The highest BCUT2D eigenvalue weighted by Crippen LogP contribution is 2.33. The second-order valence-corrected chi connectivity index (χ2v) is 7.27. The quantitative estimate of drug-likeness (QED) is 0.220. The smallest absolute Gasteiger partial charge is 0.345 e. The van der Waals surface area contributed by atoms with Gasteiger partial charge in [-0.3, -0.25) is 0 Å². The third-order valence-corrected chi connectivity index (χ3v) is 5.10. The van der Waals surface area contributed by atoms with Crippen molar-refractivity contribution in [2.75, 3.05) is 0 Å². The number of benzene rings is 3. The van der Waals surface area contributed by atoms with Crippen LogP contribution < -0.4 is 10.4 Å². The van der Waals surface area contributed by atoms with E-state index in [1.807, 2.05) is 30.3 Å². The van der Waals surface area contributed by atoms with Crippen molar-refractivity contribution in [1.82, 2.24) is 0 Å². The van der Waals surface area contributed by atoms with Crippen LogP contribution in [0.4, 0.5) is 0 Å². The summed E-state index contributed by atoms with van der Waals surface area (Å²) in [5.74, 6) is -0.349. The SMILES string of the molecule is Cc1c(OC(=O)c2ccc(Cl)cc2Cl)ccc2c(-c3ccccc3)cc(=O)oc12. The number of hydrogen-bond acceptors (Lipinski definition) is 4. The molecule has 0 amide bonds. The fourth-order valence-corrected chi connectivity index (χ4v) is 3.61. The molecule has 1 aromatic heterocycles. The van der Waals surface area contributed by atoms with Gasteiger partial charge in [-0.05, 0) is 48.4 Å². The van der Waals surface area contributed by atoms with Gasteiger partial charge in [-0.25, -0.2) is 9.59 Å². The topological polar surface area (TPSA) is 56.5 Å². The minimum absolute atomic E-state index is 0.190. The van der Waals surface area contributed by atoms with Gasteiger partial charge in [-0.1, -0.05) is 53.5 Å². The van der Waals surface area contributed by atoms with Crippen molar-refractivity contribution in [1.29, 1.82) is 0 Å². The molecule has 4 nitrogen and oxygen atoms in total. The molecular weight excluding hydrogens is 411 g/mol. The third-order valence-electron chi connectivity index (χ3n) is 4.55. The number of esters is 1. The Labute approximate surface area is 176 Å². The van der Waals surface area contributed by atoms with Crippen LogP contribution >= 0.6 is 23.2 Å². The Morgan fingerprint density at radius 1 is 0.966 bits per heavy atom. The van der Waals surface area contributed by atoms with Crippen molar-refractivity contribution >= 4 is 40.1 Å².